The second-order valence-corrected chi connectivity index (χ2v) is 8.23. The normalized spacial score (nSPS) is 20.8. The molecule has 3 rings (SSSR count). The third-order valence-corrected chi connectivity index (χ3v) is 5.62. The summed E-state index contributed by atoms with van der Waals surface area (Å²) >= 11 is 0. The van der Waals surface area contributed by atoms with E-state index >= 15 is 0 Å². The van der Waals surface area contributed by atoms with E-state index in [2.05, 4.69) is 19.0 Å². The number of carbonyl (C=O) groups is 3. The molecule has 0 bridgehead atoms. The lowest BCUT2D eigenvalue weighted by atomic mass is 10.0. The first-order chi connectivity index (χ1) is 13.4. The van der Waals surface area contributed by atoms with Crippen LogP contribution in [0.2, 0.25) is 0 Å². The lowest BCUT2D eigenvalue weighted by Crippen LogP contribution is -2.59. The molecule has 2 fully saturated rings. The summed E-state index contributed by atoms with van der Waals surface area (Å²) in [5.41, 5.74) is 0.934. The van der Waals surface area contributed by atoms with Gasteiger partial charge in [0.05, 0.1) is 0 Å². The summed E-state index contributed by atoms with van der Waals surface area (Å²) in [6, 6.07) is 0.0373. The number of likely N-dealkylation sites (tertiary alicyclic amines) is 1. The monoisotopic (exact) mass is 390 g/mol. The highest BCUT2D eigenvalue weighted by molar-refractivity contribution is 5.96. The Hall–Kier alpha value is -2.38. The Kier molecular flexibility index (Phi) is 6.36. The van der Waals surface area contributed by atoms with Crippen LogP contribution in [-0.4, -0.2) is 76.3 Å². The second kappa shape index (κ2) is 8.75. The Morgan fingerprint density at radius 2 is 2.04 bits per heavy atom. The van der Waals surface area contributed by atoms with Crippen molar-refractivity contribution in [2.75, 3.05) is 32.7 Å². The summed E-state index contributed by atoms with van der Waals surface area (Å²) in [6.45, 7) is 8.36. The highest BCUT2D eigenvalue weighted by Gasteiger charge is 2.35. The Balaban J connectivity index is 1.56. The number of aromatic nitrogens is 1. The molecule has 2 saturated heterocycles. The number of amides is 3. The zero-order valence-electron chi connectivity index (χ0n) is 17.0. The van der Waals surface area contributed by atoms with Gasteiger partial charge in [-0.05, 0) is 32.1 Å². The zero-order valence-corrected chi connectivity index (χ0v) is 17.0. The Bertz CT molecular complexity index is 730. The Labute approximate surface area is 165 Å². The fraction of sp³-hybridized carbons (Fsp3) is 0.700. The molecule has 0 aromatic carbocycles. The van der Waals surface area contributed by atoms with Crippen LogP contribution < -0.4 is 0 Å². The van der Waals surface area contributed by atoms with Crippen LogP contribution in [0.1, 0.15) is 55.6 Å². The number of hydrogen-bond acceptors (Lipinski definition) is 5. The van der Waals surface area contributed by atoms with Gasteiger partial charge in [0.2, 0.25) is 11.8 Å². The van der Waals surface area contributed by atoms with E-state index in [4.69, 9.17) is 4.52 Å². The smallest absolute Gasteiger partial charge is 0.276 e. The molecular weight excluding hydrogens is 360 g/mol. The molecule has 8 heteroatoms. The molecule has 1 aromatic heterocycles. The van der Waals surface area contributed by atoms with E-state index < -0.39 is 0 Å². The largest absolute Gasteiger partial charge is 0.364 e. The molecule has 28 heavy (non-hydrogen) atoms. The van der Waals surface area contributed by atoms with Crippen LogP contribution in [0, 0.1) is 12.8 Å². The number of carbonyl (C=O) groups excluding carboxylic acids is 3. The second-order valence-electron chi connectivity index (χ2n) is 8.23. The SMILES string of the molecule is Cc1conc1C(=O)N1CCN(C2CCCN(C(=O)CCC(C)C)C2)C(=O)C1. The zero-order chi connectivity index (χ0) is 20.3. The van der Waals surface area contributed by atoms with Crippen LogP contribution in [0.15, 0.2) is 10.8 Å². The average molecular weight is 390 g/mol. The van der Waals surface area contributed by atoms with Crippen molar-refractivity contribution in [2.45, 2.75) is 52.5 Å². The molecule has 0 N–H and O–H groups in total. The highest BCUT2D eigenvalue weighted by atomic mass is 16.5. The fourth-order valence-electron chi connectivity index (χ4n) is 3.90. The summed E-state index contributed by atoms with van der Waals surface area (Å²) in [4.78, 5) is 43.0. The van der Waals surface area contributed by atoms with Crippen molar-refractivity contribution in [1.29, 1.82) is 0 Å². The van der Waals surface area contributed by atoms with Gasteiger partial charge < -0.3 is 19.2 Å². The van der Waals surface area contributed by atoms with Crippen LogP contribution in [0.3, 0.4) is 0 Å². The number of nitrogens with zero attached hydrogens (tertiary/aromatic N) is 4. The number of rotatable bonds is 5. The number of piperidine rings is 1. The lowest BCUT2D eigenvalue weighted by Gasteiger charge is -2.43. The van der Waals surface area contributed by atoms with Gasteiger partial charge in [-0.25, -0.2) is 0 Å². The van der Waals surface area contributed by atoms with Crippen LogP contribution in [0.5, 0.6) is 0 Å². The predicted molar refractivity (Wildman–Crippen MR) is 103 cm³/mol. The molecule has 1 aromatic rings. The van der Waals surface area contributed by atoms with E-state index in [0.717, 1.165) is 25.8 Å². The molecule has 3 heterocycles. The Morgan fingerprint density at radius 1 is 1.25 bits per heavy atom. The van der Waals surface area contributed by atoms with Crippen LogP contribution >= 0.6 is 0 Å². The minimum Gasteiger partial charge on any atom is -0.364 e. The fourth-order valence-corrected chi connectivity index (χ4v) is 3.90. The van der Waals surface area contributed by atoms with Gasteiger partial charge in [0.15, 0.2) is 5.69 Å². The molecule has 2 aliphatic heterocycles. The van der Waals surface area contributed by atoms with Crippen molar-refractivity contribution in [3.63, 3.8) is 0 Å². The maximum absolute atomic E-state index is 12.7. The summed E-state index contributed by atoms with van der Waals surface area (Å²) in [6.07, 6.45) is 4.69. The van der Waals surface area contributed by atoms with Gasteiger partial charge in [-0.15, -0.1) is 0 Å². The van der Waals surface area contributed by atoms with Crippen molar-refractivity contribution in [2.24, 2.45) is 5.92 Å². The lowest BCUT2D eigenvalue weighted by molar-refractivity contribution is -0.142. The summed E-state index contributed by atoms with van der Waals surface area (Å²) in [5.74, 6) is 0.349. The molecule has 2 aliphatic rings. The molecule has 154 valence electrons. The van der Waals surface area contributed by atoms with Crippen molar-refractivity contribution in [3.8, 4) is 0 Å². The number of hydrogen-bond donors (Lipinski definition) is 0. The van der Waals surface area contributed by atoms with E-state index in [-0.39, 0.29) is 36.0 Å². The quantitative estimate of drug-likeness (QED) is 0.764. The highest BCUT2D eigenvalue weighted by Crippen LogP contribution is 2.21. The minimum atomic E-state index is -0.270. The minimum absolute atomic E-state index is 0.0373. The average Bonchev–Trinajstić information content (AvgIpc) is 3.11. The molecule has 0 radical (unpaired) electrons. The van der Waals surface area contributed by atoms with Crippen LogP contribution in [0.4, 0.5) is 0 Å². The van der Waals surface area contributed by atoms with E-state index in [1.54, 1.807) is 6.92 Å². The van der Waals surface area contributed by atoms with E-state index in [1.807, 2.05) is 9.80 Å². The van der Waals surface area contributed by atoms with Gasteiger partial charge in [-0.3, -0.25) is 14.4 Å². The first kappa shape index (κ1) is 20.4. The van der Waals surface area contributed by atoms with Crippen LogP contribution in [-0.2, 0) is 9.59 Å². The Morgan fingerprint density at radius 3 is 2.68 bits per heavy atom. The maximum atomic E-state index is 12.7. The predicted octanol–water partition coefficient (Wildman–Crippen LogP) is 1.69. The van der Waals surface area contributed by atoms with E-state index in [1.165, 1.54) is 11.2 Å². The van der Waals surface area contributed by atoms with Gasteiger partial charge in [-0.1, -0.05) is 19.0 Å². The third kappa shape index (κ3) is 4.54. The standard InChI is InChI=1S/C20H30N4O4/c1-14(2)6-7-17(25)22-8-4-5-16(11-22)24-10-9-23(12-18(24)26)20(27)19-15(3)13-28-21-19/h13-14,16H,4-12H2,1-3H3. The number of aryl methyl sites for hydroxylation is 1. The molecule has 1 unspecified atom stereocenters. The van der Waals surface area contributed by atoms with E-state index in [0.29, 0.717) is 37.5 Å². The summed E-state index contributed by atoms with van der Waals surface area (Å²) < 4.78 is 4.84. The van der Waals surface area contributed by atoms with Crippen molar-refractivity contribution >= 4 is 17.7 Å². The number of piperazine rings is 1. The van der Waals surface area contributed by atoms with Gasteiger partial charge in [0, 0.05) is 44.2 Å². The molecule has 3 amide bonds. The molecular formula is C20H30N4O4. The van der Waals surface area contributed by atoms with Crippen LogP contribution in [0.25, 0.3) is 0 Å². The molecule has 0 aliphatic carbocycles. The van der Waals surface area contributed by atoms with Crippen molar-refractivity contribution in [1.82, 2.24) is 19.9 Å². The first-order valence-electron chi connectivity index (χ1n) is 10.1. The summed E-state index contributed by atoms with van der Waals surface area (Å²) in [5, 5.41) is 3.75. The van der Waals surface area contributed by atoms with Gasteiger partial charge in [0.25, 0.3) is 5.91 Å². The van der Waals surface area contributed by atoms with Gasteiger partial charge in [0.1, 0.15) is 12.8 Å². The van der Waals surface area contributed by atoms with E-state index in [9.17, 15) is 14.4 Å². The van der Waals surface area contributed by atoms with Crippen molar-refractivity contribution in [3.05, 3.63) is 17.5 Å². The maximum Gasteiger partial charge on any atom is 0.276 e. The molecule has 0 saturated carbocycles. The molecule has 0 spiro atoms. The van der Waals surface area contributed by atoms with Gasteiger partial charge in [-0.2, -0.15) is 0 Å². The van der Waals surface area contributed by atoms with Gasteiger partial charge >= 0.3 is 0 Å². The first-order valence-corrected chi connectivity index (χ1v) is 10.1. The van der Waals surface area contributed by atoms with Crippen molar-refractivity contribution < 1.29 is 18.9 Å². The summed E-state index contributed by atoms with van der Waals surface area (Å²) in [7, 11) is 0. The third-order valence-electron chi connectivity index (χ3n) is 5.62. The molecule has 1 atom stereocenters. The molecule has 8 nitrogen and oxygen atoms in total. The topological polar surface area (TPSA) is 87.0 Å².